The van der Waals surface area contributed by atoms with Crippen molar-refractivity contribution in [3.05, 3.63) is 0 Å². The minimum Gasteiger partial charge on any atom is -0.468 e. The molecule has 0 spiro atoms. The number of ketones is 1. The van der Waals surface area contributed by atoms with Gasteiger partial charge in [0.25, 0.3) is 0 Å². The van der Waals surface area contributed by atoms with E-state index in [0.29, 0.717) is 12.3 Å². The van der Waals surface area contributed by atoms with Gasteiger partial charge >= 0.3 is 5.97 Å². The number of ether oxygens (including phenoxy) is 1. The van der Waals surface area contributed by atoms with E-state index in [-0.39, 0.29) is 23.1 Å². The molecular weight excluding hydrogens is 216 g/mol. The van der Waals surface area contributed by atoms with E-state index in [1.165, 1.54) is 7.11 Å². The smallest absolute Gasteiger partial charge is 0.320 e. The Morgan fingerprint density at radius 1 is 1.29 bits per heavy atom. The van der Waals surface area contributed by atoms with Crippen molar-refractivity contribution in [1.82, 2.24) is 0 Å². The van der Waals surface area contributed by atoms with Crippen molar-refractivity contribution in [3.63, 3.8) is 0 Å². The lowest BCUT2D eigenvalue weighted by atomic mass is 9.52. The van der Waals surface area contributed by atoms with Crippen LogP contribution in [0.4, 0.5) is 0 Å². The molecule has 96 valence electrons. The van der Waals surface area contributed by atoms with E-state index in [2.05, 4.69) is 13.8 Å². The highest BCUT2D eigenvalue weighted by molar-refractivity contribution is 6.06. The number of rotatable bonds is 1. The fourth-order valence-corrected chi connectivity index (χ4v) is 4.29. The molecule has 17 heavy (non-hydrogen) atoms. The van der Waals surface area contributed by atoms with Gasteiger partial charge in [-0.3, -0.25) is 9.59 Å². The van der Waals surface area contributed by atoms with Gasteiger partial charge in [-0.05, 0) is 36.5 Å². The zero-order valence-electron chi connectivity index (χ0n) is 11.2. The molecule has 2 rings (SSSR count). The number of carbonyl (C=O) groups excluding carboxylic acids is 2. The van der Waals surface area contributed by atoms with Gasteiger partial charge in [-0.25, -0.2) is 0 Å². The lowest BCUT2D eigenvalue weighted by Gasteiger charge is -2.49. The molecule has 0 aromatic heterocycles. The van der Waals surface area contributed by atoms with Gasteiger partial charge in [-0.1, -0.05) is 20.8 Å². The molecule has 2 aliphatic rings. The molecule has 0 radical (unpaired) electrons. The van der Waals surface area contributed by atoms with Gasteiger partial charge in [0.15, 0.2) is 5.78 Å². The van der Waals surface area contributed by atoms with Crippen LogP contribution in [0.25, 0.3) is 0 Å². The average Bonchev–Trinajstić information content (AvgIpc) is 2.59. The number of hydrogen-bond acceptors (Lipinski definition) is 3. The van der Waals surface area contributed by atoms with Crippen LogP contribution in [0, 0.1) is 22.7 Å². The number of hydrogen-bond donors (Lipinski definition) is 0. The summed E-state index contributed by atoms with van der Waals surface area (Å²) in [7, 11) is 1.40. The zero-order valence-corrected chi connectivity index (χ0v) is 11.2. The normalized spacial score (nSPS) is 45.5. The second kappa shape index (κ2) is 3.82. The molecular formula is C14H22O3. The summed E-state index contributed by atoms with van der Waals surface area (Å²) in [6.45, 7) is 6.30. The minimum absolute atomic E-state index is 0.106. The first-order valence-electron chi connectivity index (χ1n) is 6.53. The highest BCUT2D eigenvalue weighted by atomic mass is 16.5. The van der Waals surface area contributed by atoms with E-state index in [9.17, 15) is 9.59 Å². The van der Waals surface area contributed by atoms with Gasteiger partial charge in [-0.2, -0.15) is 0 Å². The first-order chi connectivity index (χ1) is 7.91. The van der Waals surface area contributed by atoms with E-state index in [4.69, 9.17) is 4.74 Å². The van der Waals surface area contributed by atoms with Crippen LogP contribution < -0.4 is 0 Å². The molecule has 0 unspecified atom stereocenters. The number of methoxy groups -OCH3 is 1. The van der Waals surface area contributed by atoms with Gasteiger partial charge < -0.3 is 4.74 Å². The Bertz CT molecular complexity index is 352. The number of Topliss-reactive ketones (excluding diaryl/α,β-unsaturated/α-hetero) is 1. The van der Waals surface area contributed by atoms with Gasteiger partial charge in [0, 0.05) is 6.42 Å². The Kier molecular flexibility index (Phi) is 2.83. The maximum atomic E-state index is 12.5. The fourth-order valence-electron chi connectivity index (χ4n) is 4.29. The molecule has 0 aliphatic heterocycles. The number of carbonyl (C=O) groups is 2. The van der Waals surface area contributed by atoms with Gasteiger partial charge in [-0.15, -0.1) is 0 Å². The number of fused-ring (bicyclic) bond motifs is 1. The van der Waals surface area contributed by atoms with E-state index in [1.807, 2.05) is 6.92 Å². The summed E-state index contributed by atoms with van der Waals surface area (Å²) in [5.74, 6) is 0.316. The summed E-state index contributed by atoms with van der Waals surface area (Å²) in [6.07, 6.45) is 3.33. The highest BCUT2D eigenvalue weighted by Crippen LogP contribution is 2.64. The van der Waals surface area contributed by atoms with Crippen LogP contribution in [0.2, 0.25) is 0 Å². The third-order valence-electron chi connectivity index (χ3n) is 5.58. The summed E-state index contributed by atoms with van der Waals surface area (Å²) in [5.41, 5.74) is -1.09. The summed E-state index contributed by atoms with van der Waals surface area (Å²) < 4.78 is 4.99. The molecule has 3 nitrogen and oxygen atoms in total. The van der Waals surface area contributed by atoms with Gasteiger partial charge in [0.2, 0.25) is 0 Å². The summed E-state index contributed by atoms with van der Waals surface area (Å²) in [4.78, 5) is 24.8. The Hall–Kier alpha value is -0.860. The van der Waals surface area contributed by atoms with Crippen molar-refractivity contribution in [2.75, 3.05) is 7.11 Å². The van der Waals surface area contributed by atoms with Crippen molar-refractivity contribution in [1.29, 1.82) is 0 Å². The molecule has 2 saturated carbocycles. The first kappa shape index (κ1) is 12.6. The lowest BCUT2D eigenvalue weighted by molar-refractivity contribution is -0.175. The van der Waals surface area contributed by atoms with Crippen LogP contribution in [0.3, 0.4) is 0 Å². The Morgan fingerprint density at radius 3 is 2.53 bits per heavy atom. The van der Waals surface area contributed by atoms with E-state index < -0.39 is 5.41 Å². The van der Waals surface area contributed by atoms with Crippen molar-refractivity contribution >= 4 is 11.8 Å². The van der Waals surface area contributed by atoms with Crippen molar-refractivity contribution in [3.8, 4) is 0 Å². The van der Waals surface area contributed by atoms with Crippen LogP contribution in [-0.2, 0) is 14.3 Å². The highest BCUT2D eigenvalue weighted by Gasteiger charge is 2.68. The summed E-state index contributed by atoms with van der Waals surface area (Å²) in [5, 5.41) is 0. The van der Waals surface area contributed by atoms with Crippen molar-refractivity contribution in [2.24, 2.45) is 22.7 Å². The summed E-state index contributed by atoms with van der Waals surface area (Å²) >= 11 is 0. The Balaban J connectivity index is 2.59. The van der Waals surface area contributed by atoms with Crippen LogP contribution in [-0.4, -0.2) is 18.9 Å². The second-order valence-corrected chi connectivity index (χ2v) is 6.02. The zero-order chi connectivity index (χ0) is 12.8. The topological polar surface area (TPSA) is 43.4 Å². The Labute approximate surface area is 103 Å². The monoisotopic (exact) mass is 238 g/mol. The molecule has 0 N–H and O–H groups in total. The third-order valence-corrected chi connectivity index (χ3v) is 5.58. The molecule has 0 aromatic rings. The van der Waals surface area contributed by atoms with Crippen molar-refractivity contribution in [2.45, 2.75) is 46.5 Å². The standard InChI is InChI=1S/C14H22O3/c1-9-5-6-11(15)14(12(16)17-4)10(2)7-8-13(9,14)3/h9-10H,5-8H2,1-4H3/t9-,10-,13+,14-/m0/s1. The van der Waals surface area contributed by atoms with E-state index in [0.717, 1.165) is 19.3 Å². The van der Waals surface area contributed by atoms with E-state index >= 15 is 0 Å². The molecule has 4 atom stereocenters. The Morgan fingerprint density at radius 2 is 1.94 bits per heavy atom. The molecule has 0 heterocycles. The molecule has 0 aromatic carbocycles. The average molecular weight is 238 g/mol. The molecule has 0 saturated heterocycles. The quantitative estimate of drug-likeness (QED) is 0.521. The largest absolute Gasteiger partial charge is 0.468 e. The molecule has 3 heteroatoms. The first-order valence-corrected chi connectivity index (χ1v) is 6.53. The van der Waals surface area contributed by atoms with Gasteiger partial charge in [0.05, 0.1) is 7.11 Å². The van der Waals surface area contributed by atoms with Gasteiger partial charge in [0.1, 0.15) is 5.41 Å². The molecule has 0 bridgehead atoms. The fraction of sp³-hybridized carbons (Fsp3) is 0.857. The maximum absolute atomic E-state index is 12.5. The molecule has 0 amide bonds. The minimum atomic E-state index is -0.876. The predicted molar refractivity (Wildman–Crippen MR) is 64.4 cm³/mol. The van der Waals surface area contributed by atoms with Crippen molar-refractivity contribution < 1.29 is 14.3 Å². The van der Waals surface area contributed by atoms with Crippen LogP contribution in [0.1, 0.15) is 46.5 Å². The van der Waals surface area contributed by atoms with Crippen LogP contribution >= 0.6 is 0 Å². The molecule has 2 fully saturated rings. The summed E-state index contributed by atoms with van der Waals surface area (Å²) in [6, 6.07) is 0. The third kappa shape index (κ3) is 1.28. The van der Waals surface area contributed by atoms with Crippen LogP contribution in [0.15, 0.2) is 0 Å². The predicted octanol–water partition coefficient (Wildman–Crippen LogP) is 2.58. The second-order valence-electron chi connectivity index (χ2n) is 6.02. The van der Waals surface area contributed by atoms with Crippen LogP contribution in [0.5, 0.6) is 0 Å². The van der Waals surface area contributed by atoms with E-state index in [1.54, 1.807) is 0 Å². The number of esters is 1. The maximum Gasteiger partial charge on any atom is 0.320 e. The lowest BCUT2D eigenvalue weighted by Crippen LogP contribution is -2.57. The SMILES string of the molecule is COC(=O)[C@]12C(=O)CC[C@H](C)[C@@]1(C)CC[C@@H]2C. The molecule has 2 aliphatic carbocycles.